The number of benzene rings is 1. The third-order valence-corrected chi connectivity index (χ3v) is 8.69. The van der Waals surface area contributed by atoms with Gasteiger partial charge in [0.05, 0.1) is 15.6 Å². The van der Waals surface area contributed by atoms with Crippen molar-refractivity contribution in [3.05, 3.63) is 46.2 Å². The van der Waals surface area contributed by atoms with Gasteiger partial charge in [-0.05, 0) is 51.1 Å². The second kappa shape index (κ2) is 9.32. The number of carbonyl (C=O) groups is 1. The Hall–Kier alpha value is -1.88. The molecular formula is C21H27FN4O3S2. The number of amides is 1. The molecule has 0 spiro atoms. The van der Waals surface area contributed by atoms with Crippen molar-refractivity contribution in [1.29, 1.82) is 0 Å². The first-order valence-corrected chi connectivity index (χ1v) is 12.8. The van der Waals surface area contributed by atoms with E-state index in [1.807, 2.05) is 6.92 Å². The molecule has 2 saturated heterocycles. The standard InChI is InChI=1S/C21H27FN4O3S2/c1-16-23-19(15-30-16)14-24-7-5-17(6-8-24)21(27)25-9-11-26(12-10-25)31(28,29)20-4-2-3-18(22)13-20/h2-4,13,15,17H,5-12,14H2,1H3. The van der Waals surface area contributed by atoms with E-state index in [-0.39, 0.29) is 29.8 Å². The van der Waals surface area contributed by atoms with Crippen molar-refractivity contribution in [2.75, 3.05) is 39.3 Å². The number of halogens is 1. The number of sulfonamides is 1. The summed E-state index contributed by atoms with van der Waals surface area (Å²) in [6.07, 6.45) is 1.62. The molecule has 2 aliphatic heterocycles. The highest BCUT2D eigenvalue weighted by molar-refractivity contribution is 7.89. The summed E-state index contributed by atoms with van der Waals surface area (Å²) in [4.78, 5) is 21.6. The number of rotatable bonds is 5. The highest BCUT2D eigenvalue weighted by Crippen LogP contribution is 2.24. The third-order valence-electron chi connectivity index (χ3n) is 5.97. The molecule has 1 amide bonds. The molecule has 0 radical (unpaired) electrons. The molecule has 31 heavy (non-hydrogen) atoms. The molecule has 1 aromatic heterocycles. The van der Waals surface area contributed by atoms with Crippen molar-refractivity contribution in [3.8, 4) is 0 Å². The summed E-state index contributed by atoms with van der Waals surface area (Å²) >= 11 is 1.65. The zero-order valence-corrected chi connectivity index (χ0v) is 19.2. The summed E-state index contributed by atoms with van der Waals surface area (Å²) in [7, 11) is -3.75. The molecule has 1 aromatic carbocycles. The van der Waals surface area contributed by atoms with Crippen LogP contribution in [-0.2, 0) is 21.4 Å². The smallest absolute Gasteiger partial charge is 0.243 e. The van der Waals surface area contributed by atoms with Gasteiger partial charge in [0.25, 0.3) is 0 Å². The Morgan fingerprint density at radius 1 is 1.16 bits per heavy atom. The van der Waals surface area contributed by atoms with Crippen LogP contribution < -0.4 is 0 Å². The van der Waals surface area contributed by atoms with Crippen LogP contribution in [-0.4, -0.2) is 72.7 Å². The molecule has 2 aromatic rings. The van der Waals surface area contributed by atoms with E-state index in [1.165, 1.54) is 22.5 Å². The molecule has 0 atom stereocenters. The number of hydrogen-bond donors (Lipinski definition) is 0. The van der Waals surface area contributed by atoms with Crippen LogP contribution in [0, 0.1) is 18.7 Å². The van der Waals surface area contributed by atoms with E-state index in [0.29, 0.717) is 13.1 Å². The van der Waals surface area contributed by atoms with Gasteiger partial charge in [-0.2, -0.15) is 4.31 Å². The molecule has 0 aliphatic carbocycles. The van der Waals surface area contributed by atoms with Crippen LogP contribution in [0.1, 0.15) is 23.5 Å². The lowest BCUT2D eigenvalue weighted by molar-refractivity contribution is -0.138. The fraction of sp³-hybridized carbons (Fsp3) is 0.524. The van der Waals surface area contributed by atoms with Crippen LogP contribution >= 0.6 is 11.3 Å². The predicted molar refractivity (Wildman–Crippen MR) is 117 cm³/mol. The second-order valence-corrected chi connectivity index (χ2v) is 11.1. The Kier molecular flexibility index (Phi) is 6.71. The van der Waals surface area contributed by atoms with Gasteiger partial charge in [-0.3, -0.25) is 9.69 Å². The first-order chi connectivity index (χ1) is 14.8. The Labute approximate surface area is 186 Å². The number of aryl methyl sites for hydroxylation is 1. The third kappa shape index (κ3) is 5.14. The van der Waals surface area contributed by atoms with E-state index in [1.54, 1.807) is 16.2 Å². The van der Waals surface area contributed by atoms with Crippen molar-refractivity contribution in [1.82, 2.24) is 19.1 Å². The number of piperidine rings is 1. The summed E-state index contributed by atoms with van der Waals surface area (Å²) in [6.45, 7) is 5.74. The minimum absolute atomic E-state index is 0.0141. The normalized spacial score (nSPS) is 19.6. The Bertz CT molecular complexity index is 1030. The number of thiazole rings is 1. The fourth-order valence-electron chi connectivity index (χ4n) is 4.23. The lowest BCUT2D eigenvalue weighted by Crippen LogP contribution is -2.52. The van der Waals surface area contributed by atoms with Gasteiger partial charge in [-0.15, -0.1) is 11.3 Å². The predicted octanol–water partition coefficient (Wildman–Crippen LogP) is 2.34. The van der Waals surface area contributed by atoms with Crippen molar-refractivity contribution in [2.24, 2.45) is 5.92 Å². The second-order valence-electron chi connectivity index (χ2n) is 8.10. The number of piperazine rings is 1. The summed E-state index contributed by atoms with van der Waals surface area (Å²) in [5.74, 6) is -0.474. The maximum atomic E-state index is 13.4. The van der Waals surface area contributed by atoms with Gasteiger partial charge >= 0.3 is 0 Å². The minimum Gasteiger partial charge on any atom is -0.340 e. The summed E-state index contributed by atoms with van der Waals surface area (Å²) in [5, 5.41) is 3.16. The summed E-state index contributed by atoms with van der Waals surface area (Å²) in [5.41, 5.74) is 1.09. The molecule has 3 heterocycles. The van der Waals surface area contributed by atoms with Crippen molar-refractivity contribution in [2.45, 2.75) is 31.2 Å². The molecule has 0 saturated carbocycles. The number of hydrogen-bond acceptors (Lipinski definition) is 6. The van der Waals surface area contributed by atoms with Gasteiger partial charge < -0.3 is 4.90 Å². The fourth-order valence-corrected chi connectivity index (χ4v) is 6.29. The van der Waals surface area contributed by atoms with E-state index < -0.39 is 15.8 Å². The Morgan fingerprint density at radius 3 is 2.48 bits per heavy atom. The lowest BCUT2D eigenvalue weighted by atomic mass is 9.95. The molecule has 10 heteroatoms. The van der Waals surface area contributed by atoms with Crippen LogP contribution in [0.3, 0.4) is 0 Å². The first-order valence-electron chi connectivity index (χ1n) is 10.5. The highest BCUT2D eigenvalue weighted by atomic mass is 32.2. The molecule has 7 nitrogen and oxygen atoms in total. The first kappa shape index (κ1) is 22.3. The van der Waals surface area contributed by atoms with Gasteiger partial charge in [0.2, 0.25) is 15.9 Å². The van der Waals surface area contributed by atoms with Crippen LogP contribution in [0.4, 0.5) is 4.39 Å². The molecule has 0 unspecified atom stereocenters. The molecule has 2 fully saturated rings. The van der Waals surface area contributed by atoms with Crippen LogP contribution in [0.2, 0.25) is 0 Å². The zero-order chi connectivity index (χ0) is 22.0. The molecular weight excluding hydrogens is 439 g/mol. The number of aromatic nitrogens is 1. The number of nitrogens with zero attached hydrogens (tertiary/aromatic N) is 4. The van der Waals surface area contributed by atoms with Crippen LogP contribution in [0.25, 0.3) is 0 Å². The molecule has 0 N–H and O–H groups in total. The van der Waals surface area contributed by atoms with Gasteiger partial charge in [0, 0.05) is 44.0 Å². The van der Waals surface area contributed by atoms with Crippen LogP contribution in [0.15, 0.2) is 34.5 Å². The van der Waals surface area contributed by atoms with E-state index >= 15 is 0 Å². The maximum Gasteiger partial charge on any atom is 0.243 e. The van der Waals surface area contributed by atoms with Crippen molar-refractivity contribution in [3.63, 3.8) is 0 Å². The molecule has 2 aliphatic rings. The van der Waals surface area contributed by atoms with Crippen LogP contribution in [0.5, 0.6) is 0 Å². The largest absolute Gasteiger partial charge is 0.340 e. The zero-order valence-electron chi connectivity index (χ0n) is 17.5. The SMILES string of the molecule is Cc1nc(CN2CCC(C(=O)N3CCN(S(=O)(=O)c4cccc(F)c4)CC3)CC2)cs1. The van der Waals surface area contributed by atoms with Gasteiger partial charge in [-0.1, -0.05) is 6.07 Å². The average molecular weight is 467 g/mol. The van der Waals surface area contributed by atoms with Crippen molar-refractivity contribution >= 4 is 27.3 Å². The highest BCUT2D eigenvalue weighted by Gasteiger charge is 2.34. The maximum absolute atomic E-state index is 13.4. The minimum atomic E-state index is -3.75. The van der Waals surface area contributed by atoms with E-state index in [2.05, 4.69) is 15.3 Å². The van der Waals surface area contributed by atoms with E-state index in [9.17, 15) is 17.6 Å². The van der Waals surface area contributed by atoms with Gasteiger partial charge in [0.15, 0.2) is 0 Å². The number of carbonyl (C=O) groups excluding carboxylic acids is 1. The van der Waals surface area contributed by atoms with Crippen molar-refractivity contribution < 1.29 is 17.6 Å². The monoisotopic (exact) mass is 466 g/mol. The van der Waals surface area contributed by atoms with Gasteiger partial charge in [0.1, 0.15) is 5.82 Å². The Balaban J connectivity index is 1.28. The number of likely N-dealkylation sites (tertiary alicyclic amines) is 1. The van der Waals surface area contributed by atoms with E-state index in [4.69, 9.17) is 0 Å². The van der Waals surface area contributed by atoms with E-state index in [0.717, 1.165) is 49.2 Å². The quantitative estimate of drug-likeness (QED) is 0.676. The molecule has 168 valence electrons. The molecule has 4 rings (SSSR count). The summed E-state index contributed by atoms with van der Waals surface area (Å²) in [6, 6.07) is 5.05. The summed E-state index contributed by atoms with van der Waals surface area (Å²) < 4.78 is 40.3. The topological polar surface area (TPSA) is 73.8 Å². The molecule has 0 bridgehead atoms. The van der Waals surface area contributed by atoms with Gasteiger partial charge in [-0.25, -0.2) is 17.8 Å². The average Bonchev–Trinajstić information content (AvgIpc) is 3.18. The Morgan fingerprint density at radius 2 is 1.87 bits per heavy atom. The lowest BCUT2D eigenvalue weighted by Gasteiger charge is -2.38.